The van der Waals surface area contributed by atoms with Crippen LogP contribution in [0.25, 0.3) is 21.9 Å². The summed E-state index contributed by atoms with van der Waals surface area (Å²) < 4.78 is 5.74. The van der Waals surface area contributed by atoms with E-state index >= 15 is 0 Å². The van der Waals surface area contributed by atoms with Crippen LogP contribution in [-0.2, 0) is 4.79 Å². The van der Waals surface area contributed by atoms with Crippen molar-refractivity contribution in [2.24, 2.45) is 10.7 Å². The molecule has 0 saturated carbocycles. The largest absolute Gasteiger partial charge is 0.456 e. The van der Waals surface area contributed by atoms with Gasteiger partial charge in [-0.2, -0.15) is 5.26 Å². The molecule has 0 spiro atoms. The molecule has 24 heavy (non-hydrogen) atoms. The Morgan fingerprint density at radius 3 is 2.92 bits per heavy atom. The average molecular weight is 320 g/mol. The summed E-state index contributed by atoms with van der Waals surface area (Å²) in [4.78, 5) is 18.2. The van der Waals surface area contributed by atoms with E-state index in [9.17, 15) is 4.79 Å². The third kappa shape index (κ3) is 3.23. The van der Waals surface area contributed by atoms with Crippen LogP contribution in [0.15, 0.2) is 51.9 Å². The van der Waals surface area contributed by atoms with Gasteiger partial charge in [0.05, 0.1) is 0 Å². The number of carbonyl (C=O) groups excluding carboxylic acids is 1. The standard InChI is InChI=1S/C17H13N5O2/c18-8-16(19)21-10-20-9-17(23)22-11-5-6-15-13(7-11)12-3-1-2-4-14(12)24-15/h1-7,10H,9H2,(H,22,23)(H2,19,20,21)/p+1. The van der Waals surface area contributed by atoms with Crippen molar-refractivity contribution in [2.75, 3.05) is 11.9 Å². The van der Waals surface area contributed by atoms with Crippen LogP contribution in [0.2, 0.25) is 0 Å². The highest BCUT2D eigenvalue weighted by molar-refractivity contribution is 6.07. The summed E-state index contributed by atoms with van der Waals surface area (Å²) in [6.45, 7) is 0.00633. The van der Waals surface area contributed by atoms with E-state index in [1.165, 1.54) is 6.34 Å². The topological polar surface area (TPSA) is 118 Å². The molecule has 3 rings (SSSR count). The molecule has 2 aromatic carbocycles. The Kier molecular flexibility index (Phi) is 4.21. The zero-order chi connectivity index (χ0) is 16.9. The molecule has 0 saturated heterocycles. The number of anilines is 1. The Labute approximate surface area is 137 Å². The summed E-state index contributed by atoms with van der Waals surface area (Å²) in [7, 11) is 0. The normalized spacial score (nSPS) is 11.9. The van der Waals surface area contributed by atoms with Crippen LogP contribution in [0.1, 0.15) is 0 Å². The Bertz CT molecular complexity index is 1010. The van der Waals surface area contributed by atoms with Gasteiger partial charge in [0.25, 0.3) is 12.2 Å². The van der Waals surface area contributed by atoms with E-state index in [1.54, 1.807) is 12.1 Å². The average Bonchev–Trinajstić information content (AvgIpc) is 2.96. The van der Waals surface area contributed by atoms with Crippen LogP contribution in [0.5, 0.6) is 0 Å². The van der Waals surface area contributed by atoms with Gasteiger partial charge < -0.3 is 15.5 Å². The van der Waals surface area contributed by atoms with Crippen LogP contribution < -0.4 is 16.0 Å². The first kappa shape index (κ1) is 15.2. The first-order valence-electron chi connectivity index (χ1n) is 7.17. The van der Waals surface area contributed by atoms with Crippen molar-refractivity contribution in [1.82, 2.24) is 0 Å². The van der Waals surface area contributed by atoms with Crippen molar-refractivity contribution < 1.29 is 14.2 Å². The second-order valence-corrected chi connectivity index (χ2v) is 4.99. The highest BCUT2D eigenvalue weighted by Gasteiger charge is 2.08. The summed E-state index contributed by atoms with van der Waals surface area (Å²) in [5.41, 5.74) is 7.45. The maximum absolute atomic E-state index is 11.9. The number of amidine groups is 1. The first-order chi connectivity index (χ1) is 11.7. The number of rotatable bonds is 4. The monoisotopic (exact) mass is 320 g/mol. The van der Waals surface area contributed by atoms with Gasteiger partial charge in [0.2, 0.25) is 0 Å². The minimum Gasteiger partial charge on any atom is -0.456 e. The van der Waals surface area contributed by atoms with Gasteiger partial charge in [0, 0.05) is 16.5 Å². The van der Waals surface area contributed by atoms with Gasteiger partial charge in [-0.25, -0.2) is 0 Å². The number of carbonyl (C=O) groups is 1. The van der Waals surface area contributed by atoms with Crippen LogP contribution >= 0.6 is 0 Å². The van der Waals surface area contributed by atoms with Crippen molar-refractivity contribution in [3.05, 3.63) is 42.5 Å². The molecule has 0 aliphatic rings. The first-order valence-corrected chi connectivity index (χ1v) is 7.17. The minimum absolute atomic E-state index is 0.00633. The number of nitriles is 1. The Balaban J connectivity index is 1.74. The van der Waals surface area contributed by atoms with Gasteiger partial charge in [-0.3, -0.25) is 9.79 Å². The molecule has 0 aliphatic heterocycles. The number of hydrogen-bond donors (Lipinski definition) is 3. The van der Waals surface area contributed by atoms with E-state index in [-0.39, 0.29) is 18.3 Å². The van der Waals surface area contributed by atoms with E-state index in [1.807, 2.05) is 36.4 Å². The number of aliphatic imine (C=N–C) groups is 1. The van der Waals surface area contributed by atoms with Gasteiger partial charge in [-0.05, 0) is 29.3 Å². The van der Waals surface area contributed by atoms with Crippen LogP contribution in [-0.4, -0.2) is 24.6 Å². The third-order valence-electron chi connectivity index (χ3n) is 3.33. The van der Waals surface area contributed by atoms with Crippen LogP contribution in [0.3, 0.4) is 0 Å². The molecule has 7 nitrogen and oxygen atoms in total. The number of amides is 1. The quantitative estimate of drug-likeness (QED) is 0.479. The molecule has 0 fully saturated rings. The molecule has 7 heteroatoms. The molecular weight excluding hydrogens is 306 g/mol. The lowest BCUT2D eigenvalue weighted by atomic mass is 10.1. The van der Waals surface area contributed by atoms with E-state index in [0.29, 0.717) is 5.69 Å². The fraction of sp³-hybridized carbons (Fsp3) is 0.0588. The van der Waals surface area contributed by atoms with Crippen molar-refractivity contribution in [1.29, 1.82) is 5.26 Å². The molecule has 3 aromatic rings. The smallest absolute Gasteiger partial charge is 0.315 e. The highest BCUT2D eigenvalue weighted by Crippen LogP contribution is 2.30. The summed E-state index contributed by atoms with van der Waals surface area (Å²) in [6.07, 6.45) is 1.21. The number of benzene rings is 2. The lowest BCUT2D eigenvalue weighted by molar-refractivity contribution is -0.438. The molecule has 1 amide bonds. The second kappa shape index (κ2) is 6.62. The molecule has 0 radical (unpaired) electrons. The van der Waals surface area contributed by atoms with Gasteiger partial charge in [-0.15, -0.1) is 0 Å². The molecular formula is C17H14N5O2+. The van der Waals surface area contributed by atoms with Gasteiger partial charge in [0.15, 0.2) is 12.6 Å². The summed E-state index contributed by atoms with van der Waals surface area (Å²) in [6, 6.07) is 14.9. The summed E-state index contributed by atoms with van der Waals surface area (Å²) >= 11 is 0. The van der Waals surface area contributed by atoms with Crippen LogP contribution in [0, 0.1) is 11.3 Å². The van der Waals surface area contributed by atoms with E-state index in [0.717, 1.165) is 21.9 Å². The zero-order valence-corrected chi connectivity index (χ0v) is 12.6. The summed E-state index contributed by atoms with van der Waals surface area (Å²) in [5.74, 6) is -0.427. The maximum atomic E-state index is 11.9. The summed E-state index contributed by atoms with van der Waals surface area (Å²) in [5, 5.41) is 13.2. The number of nitrogens with two attached hydrogens (primary N) is 1. The van der Waals surface area contributed by atoms with E-state index < -0.39 is 0 Å². The van der Waals surface area contributed by atoms with E-state index in [4.69, 9.17) is 15.4 Å². The van der Waals surface area contributed by atoms with Crippen molar-refractivity contribution in [3.63, 3.8) is 0 Å². The lowest BCUT2D eigenvalue weighted by Crippen LogP contribution is -2.71. The SMILES string of the molecule is N#CC(N)=NC=[NH+]CC(=O)Nc1ccc2oc3ccccc3c2c1. The number of nitrogens with zero attached hydrogens (tertiary/aromatic N) is 2. The second-order valence-electron chi connectivity index (χ2n) is 4.99. The molecule has 0 atom stereocenters. The zero-order valence-electron chi connectivity index (χ0n) is 12.6. The fourth-order valence-corrected chi connectivity index (χ4v) is 2.29. The van der Waals surface area contributed by atoms with Gasteiger partial charge in [-0.1, -0.05) is 18.2 Å². The Morgan fingerprint density at radius 2 is 2.08 bits per heavy atom. The molecule has 1 heterocycles. The van der Waals surface area contributed by atoms with Crippen molar-refractivity contribution in [2.45, 2.75) is 0 Å². The number of nitrogens with one attached hydrogen (secondary N) is 2. The fourth-order valence-electron chi connectivity index (χ4n) is 2.29. The molecule has 0 bridgehead atoms. The Morgan fingerprint density at radius 1 is 1.29 bits per heavy atom. The van der Waals surface area contributed by atoms with Crippen molar-refractivity contribution >= 4 is 45.7 Å². The third-order valence-corrected chi connectivity index (χ3v) is 3.33. The van der Waals surface area contributed by atoms with Crippen molar-refractivity contribution in [3.8, 4) is 6.07 Å². The van der Waals surface area contributed by atoms with Gasteiger partial charge in [0.1, 0.15) is 11.2 Å². The highest BCUT2D eigenvalue weighted by atomic mass is 16.3. The lowest BCUT2D eigenvalue weighted by Gasteiger charge is -2.02. The predicted octanol–water partition coefficient (Wildman–Crippen LogP) is 0.514. The van der Waals surface area contributed by atoms with Crippen LogP contribution in [0.4, 0.5) is 5.69 Å². The maximum Gasteiger partial charge on any atom is 0.315 e. The van der Waals surface area contributed by atoms with E-state index in [2.05, 4.69) is 15.3 Å². The minimum atomic E-state index is -0.246. The van der Waals surface area contributed by atoms with Gasteiger partial charge >= 0.3 is 5.84 Å². The number of para-hydroxylation sites is 1. The number of fused-ring (bicyclic) bond motifs is 3. The molecule has 0 aliphatic carbocycles. The predicted molar refractivity (Wildman–Crippen MR) is 91.5 cm³/mol. The molecule has 4 N–H and O–H groups in total. The number of furan rings is 1. The molecule has 0 unspecified atom stereocenters. The molecule has 118 valence electrons. The number of hydrogen-bond acceptors (Lipinski definition) is 3. The Hall–Kier alpha value is -3.66. The molecule has 1 aromatic heterocycles.